The summed E-state index contributed by atoms with van der Waals surface area (Å²) in [7, 11) is 2.08. The highest BCUT2D eigenvalue weighted by atomic mass is 35.5. The number of amides is 1. The molecule has 2 aromatic rings. The molecule has 1 amide bonds. The molecule has 1 aromatic carbocycles. The van der Waals surface area contributed by atoms with Gasteiger partial charge in [0.1, 0.15) is 6.61 Å². The van der Waals surface area contributed by atoms with Crippen LogP contribution in [0.2, 0.25) is 5.02 Å². The third kappa shape index (κ3) is 5.28. The van der Waals surface area contributed by atoms with E-state index in [0.29, 0.717) is 5.88 Å². The summed E-state index contributed by atoms with van der Waals surface area (Å²) in [5.74, 6) is 0.802. The zero-order valence-electron chi connectivity index (χ0n) is 17.8. The molecular weight excluding hydrogens is 386 g/mol. The maximum atomic E-state index is 13.1. The molecule has 0 aliphatic carbocycles. The molecular formula is C23H30ClN3O2. The number of halogens is 1. The van der Waals surface area contributed by atoms with E-state index < -0.39 is 5.41 Å². The highest BCUT2D eigenvalue weighted by molar-refractivity contribution is 6.30. The Bertz CT molecular complexity index is 867. The Labute approximate surface area is 178 Å². The third-order valence-electron chi connectivity index (χ3n) is 5.47. The monoisotopic (exact) mass is 415 g/mol. The third-order valence-corrected chi connectivity index (χ3v) is 5.72. The van der Waals surface area contributed by atoms with Crippen molar-refractivity contribution in [2.75, 3.05) is 26.7 Å². The van der Waals surface area contributed by atoms with Crippen molar-refractivity contribution < 1.29 is 9.53 Å². The second-order valence-corrected chi connectivity index (χ2v) is 9.20. The van der Waals surface area contributed by atoms with Crippen LogP contribution in [0.4, 0.5) is 0 Å². The summed E-state index contributed by atoms with van der Waals surface area (Å²) < 4.78 is 5.89. The number of nitrogens with zero attached hydrogens (tertiary/aromatic N) is 2. The average Bonchev–Trinajstić information content (AvgIpc) is 3.01. The number of carbonyl (C=O) groups excluding carboxylic acids is 1. The van der Waals surface area contributed by atoms with Crippen LogP contribution in [-0.2, 0) is 4.79 Å². The number of pyridine rings is 1. The fourth-order valence-corrected chi connectivity index (χ4v) is 3.85. The predicted molar refractivity (Wildman–Crippen MR) is 117 cm³/mol. The highest BCUT2D eigenvalue weighted by Crippen LogP contribution is 2.29. The maximum Gasteiger partial charge on any atom is 0.229 e. The van der Waals surface area contributed by atoms with Crippen molar-refractivity contribution in [3.8, 4) is 5.88 Å². The number of carbonyl (C=O) groups is 1. The number of ether oxygens (including phenoxy) is 1. The Morgan fingerprint density at radius 3 is 2.62 bits per heavy atom. The van der Waals surface area contributed by atoms with E-state index in [9.17, 15) is 4.79 Å². The molecule has 6 heteroatoms. The van der Waals surface area contributed by atoms with Crippen molar-refractivity contribution >= 4 is 17.5 Å². The zero-order chi connectivity index (χ0) is 21.2. The van der Waals surface area contributed by atoms with Gasteiger partial charge in [0.2, 0.25) is 11.8 Å². The van der Waals surface area contributed by atoms with Gasteiger partial charge in [-0.25, -0.2) is 4.98 Å². The predicted octanol–water partition coefficient (Wildman–Crippen LogP) is 3.97. The number of hydrogen-bond acceptors (Lipinski definition) is 4. The standard InChI is InChI=1S/C23H30ClN3O2/c1-15-10-16(2)21(25-11-15)29-14-23(3,4)22(28)26-20-13-27(5)12-19(20)17-6-8-18(24)9-7-17/h6-11,19-20H,12-14H2,1-5H3,(H,26,28)/t19-,20+/m0/s1. The largest absolute Gasteiger partial charge is 0.476 e. The van der Waals surface area contributed by atoms with E-state index in [-0.39, 0.29) is 24.5 Å². The van der Waals surface area contributed by atoms with Gasteiger partial charge >= 0.3 is 0 Å². The SMILES string of the molecule is Cc1cnc(OCC(C)(C)C(=O)N[C@@H]2CN(C)C[C@H]2c2ccc(Cl)cc2)c(C)c1. The lowest BCUT2D eigenvalue weighted by molar-refractivity contribution is -0.131. The Morgan fingerprint density at radius 1 is 1.28 bits per heavy atom. The van der Waals surface area contributed by atoms with E-state index in [1.807, 2.05) is 58.0 Å². The Kier molecular flexibility index (Phi) is 6.49. The summed E-state index contributed by atoms with van der Waals surface area (Å²) in [6, 6.07) is 9.98. The van der Waals surface area contributed by atoms with E-state index in [1.165, 1.54) is 5.56 Å². The van der Waals surface area contributed by atoms with E-state index in [1.54, 1.807) is 6.20 Å². The first-order valence-corrected chi connectivity index (χ1v) is 10.3. The van der Waals surface area contributed by atoms with E-state index in [0.717, 1.165) is 29.2 Å². The number of likely N-dealkylation sites (tertiary alicyclic amines) is 1. The smallest absolute Gasteiger partial charge is 0.229 e. The van der Waals surface area contributed by atoms with Crippen LogP contribution in [-0.4, -0.2) is 48.6 Å². The molecule has 1 aliphatic heterocycles. The highest BCUT2D eigenvalue weighted by Gasteiger charge is 2.37. The van der Waals surface area contributed by atoms with Gasteiger partial charge in [0.05, 0.1) is 5.41 Å². The summed E-state index contributed by atoms with van der Waals surface area (Å²) in [5.41, 5.74) is 2.58. The van der Waals surface area contributed by atoms with Gasteiger partial charge in [-0.05, 0) is 64.1 Å². The maximum absolute atomic E-state index is 13.1. The van der Waals surface area contributed by atoms with Crippen LogP contribution < -0.4 is 10.1 Å². The summed E-state index contributed by atoms with van der Waals surface area (Å²) in [6.07, 6.45) is 1.78. The van der Waals surface area contributed by atoms with E-state index >= 15 is 0 Å². The van der Waals surface area contributed by atoms with Crippen molar-refractivity contribution in [2.24, 2.45) is 5.41 Å². The molecule has 0 spiro atoms. The van der Waals surface area contributed by atoms with Crippen LogP contribution in [0.5, 0.6) is 5.88 Å². The molecule has 1 aromatic heterocycles. The van der Waals surface area contributed by atoms with Gasteiger partial charge in [-0.2, -0.15) is 0 Å². The quantitative estimate of drug-likeness (QED) is 0.775. The van der Waals surface area contributed by atoms with Gasteiger partial charge in [-0.3, -0.25) is 4.79 Å². The van der Waals surface area contributed by atoms with Crippen LogP contribution in [0, 0.1) is 19.3 Å². The molecule has 0 unspecified atom stereocenters. The van der Waals surface area contributed by atoms with Gasteiger partial charge in [-0.15, -0.1) is 0 Å². The van der Waals surface area contributed by atoms with Gasteiger partial charge < -0.3 is 15.0 Å². The first-order chi connectivity index (χ1) is 13.7. The zero-order valence-corrected chi connectivity index (χ0v) is 18.6. The number of hydrogen-bond donors (Lipinski definition) is 1. The molecule has 156 valence electrons. The normalized spacial score (nSPS) is 19.9. The second-order valence-electron chi connectivity index (χ2n) is 8.77. The molecule has 2 atom stereocenters. The van der Waals surface area contributed by atoms with Crippen molar-refractivity contribution in [1.82, 2.24) is 15.2 Å². The average molecular weight is 416 g/mol. The molecule has 0 saturated carbocycles. The summed E-state index contributed by atoms with van der Waals surface area (Å²) in [5, 5.41) is 3.98. The van der Waals surface area contributed by atoms with E-state index in [4.69, 9.17) is 16.3 Å². The van der Waals surface area contributed by atoms with E-state index in [2.05, 4.69) is 22.2 Å². The fraction of sp³-hybridized carbons (Fsp3) is 0.478. The summed E-state index contributed by atoms with van der Waals surface area (Å²) in [6.45, 7) is 9.75. The summed E-state index contributed by atoms with van der Waals surface area (Å²) in [4.78, 5) is 19.7. The number of aryl methyl sites for hydroxylation is 2. The molecule has 3 rings (SSSR count). The lowest BCUT2D eigenvalue weighted by Crippen LogP contribution is -2.48. The molecule has 0 bridgehead atoms. The van der Waals surface area contributed by atoms with Crippen LogP contribution in [0.25, 0.3) is 0 Å². The number of nitrogens with one attached hydrogen (secondary N) is 1. The number of aromatic nitrogens is 1. The second kappa shape index (κ2) is 8.72. The minimum absolute atomic E-state index is 0.0125. The molecule has 1 saturated heterocycles. The van der Waals surface area contributed by atoms with Gasteiger partial charge in [0.15, 0.2) is 0 Å². The van der Waals surface area contributed by atoms with Crippen LogP contribution in [0.1, 0.15) is 36.5 Å². The lowest BCUT2D eigenvalue weighted by atomic mass is 9.90. The van der Waals surface area contributed by atoms with Gasteiger partial charge in [-0.1, -0.05) is 23.7 Å². The van der Waals surface area contributed by atoms with Gasteiger partial charge in [0, 0.05) is 41.8 Å². The lowest BCUT2D eigenvalue weighted by Gasteiger charge is -2.28. The number of likely N-dealkylation sites (N-methyl/N-ethyl adjacent to an activating group) is 1. The Hall–Kier alpha value is -2.11. The molecule has 1 fully saturated rings. The molecule has 1 aliphatic rings. The molecule has 29 heavy (non-hydrogen) atoms. The van der Waals surface area contributed by atoms with Crippen LogP contribution in [0.3, 0.4) is 0 Å². The minimum Gasteiger partial charge on any atom is -0.476 e. The van der Waals surface area contributed by atoms with Crippen LogP contribution in [0.15, 0.2) is 36.5 Å². The molecule has 1 N–H and O–H groups in total. The molecule has 5 nitrogen and oxygen atoms in total. The first-order valence-electron chi connectivity index (χ1n) is 9.97. The minimum atomic E-state index is -0.676. The van der Waals surface area contributed by atoms with Crippen molar-refractivity contribution in [2.45, 2.75) is 39.7 Å². The fourth-order valence-electron chi connectivity index (χ4n) is 3.73. The summed E-state index contributed by atoms with van der Waals surface area (Å²) >= 11 is 6.03. The first kappa shape index (κ1) is 21.6. The van der Waals surface area contributed by atoms with Crippen LogP contribution >= 0.6 is 11.6 Å². The Balaban J connectivity index is 1.65. The number of benzene rings is 1. The van der Waals surface area contributed by atoms with Crippen molar-refractivity contribution in [3.05, 3.63) is 58.2 Å². The van der Waals surface area contributed by atoms with Crippen molar-refractivity contribution in [3.63, 3.8) is 0 Å². The number of rotatable bonds is 6. The Morgan fingerprint density at radius 2 is 1.97 bits per heavy atom. The molecule has 2 heterocycles. The molecule has 0 radical (unpaired) electrons. The van der Waals surface area contributed by atoms with Gasteiger partial charge in [0.25, 0.3) is 0 Å². The topological polar surface area (TPSA) is 54.5 Å². The van der Waals surface area contributed by atoms with Crippen molar-refractivity contribution in [1.29, 1.82) is 0 Å².